The second-order valence-corrected chi connectivity index (χ2v) is 3.12. The van der Waals surface area contributed by atoms with E-state index < -0.39 is 0 Å². The maximum Gasteiger partial charge on any atom is 0.190 e. The van der Waals surface area contributed by atoms with Crippen molar-refractivity contribution in [1.29, 1.82) is 0 Å². The Kier molecular flexibility index (Phi) is 1.47. The molecular weight excluding hydrogens is 128 g/mol. The number of hydrogen-bond donors (Lipinski definition) is 1. The van der Waals surface area contributed by atoms with Crippen molar-refractivity contribution in [3.8, 4) is 0 Å². The number of carbonyl (C=O) groups is 1. The molecule has 0 amide bonds. The average molecular weight is 141 g/mol. The van der Waals surface area contributed by atoms with Gasteiger partial charge >= 0.3 is 0 Å². The summed E-state index contributed by atoms with van der Waals surface area (Å²) in [4.78, 5) is 11.0. The van der Waals surface area contributed by atoms with E-state index >= 15 is 0 Å². The highest BCUT2D eigenvalue weighted by molar-refractivity contribution is 5.79. The lowest BCUT2D eigenvalue weighted by Crippen LogP contribution is -3.17. The van der Waals surface area contributed by atoms with Crippen LogP contribution >= 0.6 is 0 Å². The maximum absolute atomic E-state index is 11.0. The van der Waals surface area contributed by atoms with Crippen molar-refractivity contribution in [3.05, 3.63) is 0 Å². The van der Waals surface area contributed by atoms with Gasteiger partial charge in [-0.2, -0.15) is 5.01 Å². The summed E-state index contributed by atoms with van der Waals surface area (Å²) in [5.41, 5.74) is 0. The fourth-order valence-electron chi connectivity index (χ4n) is 1.84. The summed E-state index contributed by atoms with van der Waals surface area (Å²) >= 11 is 0. The molecule has 10 heavy (non-hydrogen) atoms. The van der Waals surface area contributed by atoms with Gasteiger partial charge in [0.15, 0.2) is 12.3 Å². The number of quaternary nitrogens is 1. The Morgan fingerprint density at radius 1 is 1.40 bits per heavy atom. The molecule has 0 aromatic carbocycles. The monoisotopic (exact) mass is 141 g/mol. The zero-order chi connectivity index (χ0) is 6.97. The third kappa shape index (κ3) is 0.954. The largest absolute Gasteiger partial charge is 0.293 e. The second kappa shape index (κ2) is 2.32. The molecule has 56 valence electrons. The predicted molar refractivity (Wildman–Crippen MR) is 36.5 cm³/mol. The summed E-state index contributed by atoms with van der Waals surface area (Å²) in [5, 5.41) is 3.78. The Morgan fingerprint density at radius 3 is 3.20 bits per heavy atom. The lowest BCUT2D eigenvalue weighted by Gasteiger charge is -2.27. The van der Waals surface area contributed by atoms with E-state index in [9.17, 15) is 4.79 Å². The summed E-state index contributed by atoms with van der Waals surface area (Å²) in [6, 6.07) is 0. The number of nitrogens with one attached hydrogen (secondary N) is 1. The Hall–Kier alpha value is -0.410. The third-order valence-corrected chi connectivity index (χ3v) is 2.40. The molecule has 0 spiro atoms. The number of Topliss-reactive ketones (excluding diaryl/α,β-unsaturated/α-hetero) is 1. The molecule has 2 saturated heterocycles. The first-order valence-corrected chi connectivity index (χ1v) is 3.97. The van der Waals surface area contributed by atoms with Crippen LogP contribution in [0.25, 0.3) is 0 Å². The molecule has 2 fully saturated rings. The van der Waals surface area contributed by atoms with Crippen LogP contribution in [0.1, 0.15) is 12.8 Å². The summed E-state index contributed by atoms with van der Waals surface area (Å²) in [6.45, 7) is 4.11. The molecular formula is C7H13N2O+. The predicted octanol–water partition coefficient (Wildman–Crippen LogP) is -1.54. The van der Waals surface area contributed by atoms with Gasteiger partial charge in [-0.15, -0.1) is 0 Å². The van der Waals surface area contributed by atoms with E-state index in [1.54, 1.807) is 0 Å². The number of carbonyl (C=O) groups excluding carboxylic acids is 1. The van der Waals surface area contributed by atoms with Gasteiger partial charge in [0.25, 0.3) is 0 Å². The van der Waals surface area contributed by atoms with Gasteiger partial charge in [0.05, 0.1) is 19.6 Å². The fourth-order valence-corrected chi connectivity index (χ4v) is 1.84. The molecule has 0 saturated carbocycles. The van der Waals surface area contributed by atoms with E-state index in [0.29, 0.717) is 5.78 Å². The van der Waals surface area contributed by atoms with E-state index in [0.717, 1.165) is 19.5 Å². The SMILES string of the molecule is O=C1CCN2CCC[NH+]2C1. The Bertz CT molecular complexity index is 158. The highest BCUT2D eigenvalue weighted by atomic mass is 16.1. The Morgan fingerprint density at radius 2 is 2.30 bits per heavy atom. The van der Waals surface area contributed by atoms with Gasteiger partial charge in [-0.1, -0.05) is 0 Å². The molecule has 2 heterocycles. The molecule has 3 nitrogen and oxygen atoms in total. The van der Waals surface area contributed by atoms with Gasteiger partial charge in [0, 0.05) is 12.8 Å². The topological polar surface area (TPSA) is 24.8 Å². The second-order valence-electron chi connectivity index (χ2n) is 3.12. The highest BCUT2D eigenvalue weighted by Gasteiger charge is 2.32. The van der Waals surface area contributed by atoms with Crippen molar-refractivity contribution in [3.63, 3.8) is 0 Å². The average Bonchev–Trinajstić information content (AvgIpc) is 2.33. The van der Waals surface area contributed by atoms with Crippen molar-refractivity contribution in [2.45, 2.75) is 12.8 Å². The van der Waals surface area contributed by atoms with Crippen molar-refractivity contribution < 1.29 is 9.80 Å². The molecule has 0 radical (unpaired) electrons. The number of rotatable bonds is 0. The molecule has 1 unspecified atom stereocenters. The van der Waals surface area contributed by atoms with Crippen LogP contribution in [-0.2, 0) is 4.79 Å². The van der Waals surface area contributed by atoms with E-state index in [1.165, 1.54) is 24.5 Å². The molecule has 2 rings (SSSR count). The third-order valence-electron chi connectivity index (χ3n) is 2.40. The molecule has 3 heteroatoms. The van der Waals surface area contributed by atoms with Crippen LogP contribution in [0.15, 0.2) is 0 Å². The van der Waals surface area contributed by atoms with Crippen LogP contribution < -0.4 is 5.01 Å². The van der Waals surface area contributed by atoms with Gasteiger partial charge in [-0.3, -0.25) is 4.79 Å². The van der Waals surface area contributed by atoms with E-state index in [4.69, 9.17) is 0 Å². The first-order valence-electron chi connectivity index (χ1n) is 3.97. The molecule has 0 aromatic heterocycles. The van der Waals surface area contributed by atoms with Gasteiger partial charge in [0.2, 0.25) is 0 Å². The Labute approximate surface area is 60.6 Å². The maximum atomic E-state index is 11.0. The van der Waals surface area contributed by atoms with Crippen LogP contribution in [0, 0.1) is 0 Å². The molecule has 2 aliphatic heterocycles. The van der Waals surface area contributed by atoms with Crippen LogP contribution in [0.2, 0.25) is 0 Å². The molecule has 0 aliphatic carbocycles. The van der Waals surface area contributed by atoms with Gasteiger partial charge in [-0.05, 0) is 0 Å². The minimum Gasteiger partial charge on any atom is -0.293 e. The first-order chi connectivity index (χ1) is 4.86. The summed E-state index contributed by atoms with van der Waals surface area (Å²) in [7, 11) is 0. The number of hydrogen-bond acceptors (Lipinski definition) is 2. The first kappa shape index (κ1) is 6.31. The lowest BCUT2D eigenvalue weighted by molar-refractivity contribution is -0.997. The zero-order valence-corrected chi connectivity index (χ0v) is 6.10. The normalized spacial score (nSPS) is 34.4. The van der Waals surface area contributed by atoms with E-state index in [2.05, 4.69) is 5.01 Å². The van der Waals surface area contributed by atoms with Crippen LogP contribution in [-0.4, -0.2) is 37.0 Å². The minimum absolute atomic E-state index is 0.438. The number of nitrogens with zero attached hydrogens (tertiary/aromatic N) is 1. The highest BCUT2D eigenvalue weighted by Crippen LogP contribution is 1.97. The van der Waals surface area contributed by atoms with Crippen molar-refractivity contribution in [2.75, 3.05) is 26.2 Å². The smallest absolute Gasteiger partial charge is 0.190 e. The van der Waals surface area contributed by atoms with Crippen molar-refractivity contribution in [1.82, 2.24) is 5.01 Å². The van der Waals surface area contributed by atoms with Crippen LogP contribution in [0.4, 0.5) is 0 Å². The van der Waals surface area contributed by atoms with E-state index in [1.807, 2.05) is 0 Å². The summed E-state index contributed by atoms with van der Waals surface area (Å²) < 4.78 is 0. The fraction of sp³-hybridized carbons (Fsp3) is 0.857. The standard InChI is InChI=1S/C7H12N2O/c10-7-2-5-8-3-1-4-9(8)6-7/h1-6H2/p+1. The molecule has 0 bridgehead atoms. The minimum atomic E-state index is 0.438. The molecule has 0 aromatic rings. The lowest BCUT2D eigenvalue weighted by atomic mass is 10.2. The molecule has 1 atom stereocenters. The van der Waals surface area contributed by atoms with Crippen molar-refractivity contribution >= 4 is 5.78 Å². The van der Waals surface area contributed by atoms with Gasteiger partial charge in [0.1, 0.15) is 0 Å². The quantitative estimate of drug-likeness (QED) is 0.442. The summed E-state index contributed by atoms with van der Waals surface area (Å²) in [6.07, 6.45) is 2.05. The number of fused-ring (bicyclic) bond motifs is 1. The van der Waals surface area contributed by atoms with Crippen LogP contribution in [0.3, 0.4) is 0 Å². The molecule has 2 aliphatic rings. The number of ketones is 1. The Balaban J connectivity index is 2.03. The van der Waals surface area contributed by atoms with E-state index in [-0.39, 0.29) is 0 Å². The van der Waals surface area contributed by atoms with Crippen LogP contribution in [0.5, 0.6) is 0 Å². The summed E-state index contributed by atoms with van der Waals surface area (Å²) in [5.74, 6) is 0.438. The zero-order valence-electron chi connectivity index (χ0n) is 6.10. The van der Waals surface area contributed by atoms with Gasteiger partial charge < -0.3 is 0 Å². The van der Waals surface area contributed by atoms with Crippen molar-refractivity contribution in [2.24, 2.45) is 0 Å². The van der Waals surface area contributed by atoms with Gasteiger partial charge in [-0.25, -0.2) is 5.01 Å². The molecule has 1 N–H and O–H groups in total.